The molecule has 1 aliphatic heterocycles. The highest BCUT2D eigenvalue weighted by molar-refractivity contribution is 5.35. The van der Waals surface area contributed by atoms with E-state index in [1.54, 1.807) is 0 Å². The van der Waals surface area contributed by atoms with Crippen molar-refractivity contribution < 1.29 is 9.84 Å². The van der Waals surface area contributed by atoms with Crippen LogP contribution in [0.4, 0.5) is 0 Å². The molecule has 104 valence electrons. The van der Waals surface area contributed by atoms with Gasteiger partial charge in [0.2, 0.25) is 0 Å². The summed E-state index contributed by atoms with van der Waals surface area (Å²) in [4.78, 5) is 0. The summed E-state index contributed by atoms with van der Waals surface area (Å²) >= 11 is 0. The molecule has 0 spiro atoms. The second-order valence-electron chi connectivity index (χ2n) is 5.25. The van der Waals surface area contributed by atoms with E-state index in [1.807, 2.05) is 54.6 Å². The smallest absolute Gasteiger partial charge is 0.127 e. The van der Waals surface area contributed by atoms with Crippen LogP contribution >= 0.6 is 0 Å². The second kappa shape index (κ2) is 5.65. The summed E-state index contributed by atoms with van der Waals surface area (Å²) in [7, 11) is 0. The Balaban J connectivity index is 1.74. The highest BCUT2D eigenvalue weighted by atomic mass is 16.5. The first-order chi connectivity index (χ1) is 9.76. The number of nitrogens with one attached hydrogen (secondary N) is 1. The zero-order valence-corrected chi connectivity index (χ0v) is 11.4. The van der Waals surface area contributed by atoms with Gasteiger partial charge < -0.3 is 15.2 Å². The van der Waals surface area contributed by atoms with Crippen LogP contribution in [-0.2, 0) is 5.60 Å². The molecule has 2 aromatic rings. The highest BCUT2D eigenvalue weighted by Gasteiger charge is 2.30. The SMILES string of the molecule is OC1(c2ccc(Oc3ccccc3)cc2)CCCNC1. The van der Waals surface area contributed by atoms with Crippen LogP contribution in [0.1, 0.15) is 18.4 Å². The van der Waals surface area contributed by atoms with Crippen molar-refractivity contribution in [3.63, 3.8) is 0 Å². The first-order valence-corrected chi connectivity index (χ1v) is 7.03. The zero-order chi connectivity index (χ0) is 13.8. The largest absolute Gasteiger partial charge is 0.457 e. The van der Waals surface area contributed by atoms with Crippen molar-refractivity contribution in [1.82, 2.24) is 5.32 Å². The molecule has 0 aliphatic carbocycles. The number of para-hydroxylation sites is 1. The third-order valence-corrected chi connectivity index (χ3v) is 3.73. The Morgan fingerprint density at radius 1 is 0.950 bits per heavy atom. The maximum Gasteiger partial charge on any atom is 0.127 e. The van der Waals surface area contributed by atoms with E-state index in [2.05, 4.69) is 5.32 Å². The van der Waals surface area contributed by atoms with Crippen LogP contribution in [0, 0.1) is 0 Å². The molecule has 3 rings (SSSR count). The standard InChI is InChI=1S/C17H19NO2/c19-17(11-4-12-18-13-17)14-7-9-16(10-8-14)20-15-5-2-1-3-6-15/h1-3,5-10,18-19H,4,11-13H2. The van der Waals surface area contributed by atoms with E-state index in [-0.39, 0.29) is 0 Å². The maximum atomic E-state index is 10.6. The second-order valence-corrected chi connectivity index (χ2v) is 5.25. The lowest BCUT2D eigenvalue weighted by Crippen LogP contribution is -2.43. The average Bonchev–Trinajstić information content (AvgIpc) is 2.50. The minimum absolute atomic E-state index is 0.617. The van der Waals surface area contributed by atoms with E-state index in [0.29, 0.717) is 6.54 Å². The molecule has 1 aliphatic rings. The molecular weight excluding hydrogens is 250 g/mol. The van der Waals surface area contributed by atoms with Crippen LogP contribution < -0.4 is 10.1 Å². The number of benzene rings is 2. The molecule has 0 radical (unpaired) electrons. The topological polar surface area (TPSA) is 41.5 Å². The van der Waals surface area contributed by atoms with E-state index in [9.17, 15) is 5.11 Å². The Bertz CT molecular complexity index is 545. The van der Waals surface area contributed by atoms with Crippen LogP contribution in [0.2, 0.25) is 0 Å². The Hall–Kier alpha value is -1.84. The lowest BCUT2D eigenvalue weighted by Gasteiger charge is -2.33. The quantitative estimate of drug-likeness (QED) is 0.900. The number of rotatable bonds is 3. The molecule has 1 saturated heterocycles. The van der Waals surface area contributed by atoms with E-state index >= 15 is 0 Å². The Morgan fingerprint density at radius 2 is 1.65 bits per heavy atom. The fraction of sp³-hybridized carbons (Fsp3) is 0.294. The molecule has 2 N–H and O–H groups in total. The van der Waals surface area contributed by atoms with Crippen LogP contribution in [0.5, 0.6) is 11.5 Å². The molecule has 0 saturated carbocycles. The van der Waals surface area contributed by atoms with Gasteiger partial charge in [0.15, 0.2) is 0 Å². The lowest BCUT2D eigenvalue weighted by atomic mass is 9.87. The fourth-order valence-corrected chi connectivity index (χ4v) is 2.59. The van der Waals surface area contributed by atoms with Crippen LogP contribution in [0.3, 0.4) is 0 Å². The maximum absolute atomic E-state index is 10.6. The van der Waals surface area contributed by atoms with Gasteiger partial charge in [-0.3, -0.25) is 0 Å². The third-order valence-electron chi connectivity index (χ3n) is 3.73. The molecule has 1 atom stereocenters. The van der Waals surface area contributed by atoms with Crippen LogP contribution in [0.15, 0.2) is 54.6 Å². The van der Waals surface area contributed by atoms with Crippen molar-refractivity contribution in [3.8, 4) is 11.5 Å². The van der Waals surface area contributed by atoms with Gasteiger partial charge in [0.05, 0.1) is 0 Å². The molecule has 3 heteroatoms. The highest BCUT2D eigenvalue weighted by Crippen LogP contribution is 2.30. The van der Waals surface area contributed by atoms with Gasteiger partial charge in [-0.15, -0.1) is 0 Å². The van der Waals surface area contributed by atoms with Crippen molar-refractivity contribution in [1.29, 1.82) is 0 Å². The molecular formula is C17H19NO2. The predicted octanol–water partition coefficient (Wildman–Crippen LogP) is 3.05. The summed E-state index contributed by atoms with van der Waals surface area (Å²) in [6.45, 7) is 1.60. The number of hydrogen-bond donors (Lipinski definition) is 2. The van der Waals surface area contributed by atoms with Crippen molar-refractivity contribution in [2.45, 2.75) is 18.4 Å². The summed E-state index contributed by atoms with van der Waals surface area (Å²) in [5.74, 6) is 1.60. The zero-order valence-electron chi connectivity index (χ0n) is 11.4. The third kappa shape index (κ3) is 2.84. The predicted molar refractivity (Wildman–Crippen MR) is 79.0 cm³/mol. The normalized spacial score (nSPS) is 22.4. The van der Waals surface area contributed by atoms with Gasteiger partial charge in [0.25, 0.3) is 0 Å². The van der Waals surface area contributed by atoms with E-state index in [4.69, 9.17) is 4.74 Å². The van der Waals surface area contributed by atoms with Crippen molar-refractivity contribution in [2.24, 2.45) is 0 Å². The van der Waals surface area contributed by atoms with Gasteiger partial charge in [-0.25, -0.2) is 0 Å². The van der Waals surface area contributed by atoms with Crippen LogP contribution in [-0.4, -0.2) is 18.2 Å². The number of hydrogen-bond acceptors (Lipinski definition) is 3. The number of β-amino-alcohol motifs (C(OH)–C–C–N with tert-alkyl or cyclic N) is 1. The Kier molecular flexibility index (Phi) is 3.72. The van der Waals surface area contributed by atoms with Gasteiger partial charge >= 0.3 is 0 Å². The van der Waals surface area contributed by atoms with Gasteiger partial charge in [-0.1, -0.05) is 30.3 Å². The number of piperidine rings is 1. The summed E-state index contributed by atoms with van der Waals surface area (Å²) in [5.41, 5.74) is 0.203. The summed E-state index contributed by atoms with van der Waals surface area (Å²) in [6, 6.07) is 17.4. The minimum atomic E-state index is -0.747. The van der Waals surface area contributed by atoms with Gasteiger partial charge in [-0.05, 0) is 49.2 Å². The van der Waals surface area contributed by atoms with Crippen molar-refractivity contribution in [3.05, 3.63) is 60.2 Å². The monoisotopic (exact) mass is 269 g/mol. The van der Waals surface area contributed by atoms with Gasteiger partial charge in [0.1, 0.15) is 17.1 Å². The van der Waals surface area contributed by atoms with Crippen molar-refractivity contribution >= 4 is 0 Å². The van der Waals surface area contributed by atoms with Crippen molar-refractivity contribution in [2.75, 3.05) is 13.1 Å². The van der Waals surface area contributed by atoms with Gasteiger partial charge in [0, 0.05) is 6.54 Å². The first kappa shape index (κ1) is 13.2. The molecule has 1 heterocycles. The Labute approximate surface area is 119 Å². The molecule has 1 fully saturated rings. The Morgan fingerprint density at radius 3 is 2.30 bits per heavy atom. The van der Waals surface area contributed by atoms with E-state index < -0.39 is 5.60 Å². The molecule has 1 unspecified atom stereocenters. The van der Waals surface area contributed by atoms with E-state index in [1.165, 1.54) is 0 Å². The first-order valence-electron chi connectivity index (χ1n) is 7.03. The molecule has 0 aromatic heterocycles. The molecule has 2 aromatic carbocycles. The summed E-state index contributed by atoms with van der Waals surface area (Å²) < 4.78 is 5.76. The fourth-order valence-electron chi connectivity index (χ4n) is 2.59. The van der Waals surface area contributed by atoms with E-state index in [0.717, 1.165) is 36.4 Å². The molecule has 0 bridgehead atoms. The van der Waals surface area contributed by atoms with Crippen LogP contribution in [0.25, 0.3) is 0 Å². The molecule has 0 amide bonds. The minimum Gasteiger partial charge on any atom is -0.457 e. The molecule has 20 heavy (non-hydrogen) atoms. The number of aliphatic hydroxyl groups is 1. The number of ether oxygens (including phenoxy) is 1. The summed E-state index contributed by atoms with van der Waals surface area (Å²) in [5, 5.41) is 13.9. The average molecular weight is 269 g/mol. The molecule has 3 nitrogen and oxygen atoms in total. The summed E-state index contributed by atoms with van der Waals surface area (Å²) in [6.07, 6.45) is 1.80. The lowest BCUT2D eigenvalue weighted by molar-refractivity contribution is 0.0123. The van der Waals surface area contributed by atoms with Gasteiger partial charge in [-0.2, -0.15) is 0 Å².